The van der Waals surface area contributed by atoms with Gasteiger partial charge in [-0.05, 0) is 57.0 Å². The Labute approximate surface area is 164 Å². The van der Waals surface area contributed by atoms with Gasteiger partial charge in [0.15, 0.2) is 0 Å². The van der Waals surface area contributed by atoms with E-state index in [0.29, 0.717) is 14.5 Å². The van der Waals surface area contributed by atoms with Crippen LogP contribution in [0, 0.1) is 6.92 Å². The first-order chi connectivity index (χ1) is 11.4. The number of nitrogens with zero attached hydrogens (tertiary/aromatic N) is 1. The van der Waals surface area contributed by atoms with Crippen molar-refractivity contribution in [2.45, 2.75) is 6.92 Å². The molecule has 0 aromatic heterocycles. The largest absolute Gasteiger partial charge is 0.506 e. The van der Waals surface area contributed by atoms with Gasteiger partial charge < -0.3 is 10.4 Å². The number of hydrazone groups is 1. The van der Waals surface area contributed by atoms with Crippen molar-refractivity contribution in [3.63, 3.8) is 0 Å². The molecule has 5 nitrogen and oxygen atoms in total. The Hall–Kier alpha value is -1.38. The third-order valence-corrected chi connectivity index (χ3v) is 5.13. The van der Waals surface area contributed by atoms with Gasteiger partial charge >= 0.3 is 0 Å². The van der Waals surface area contributed by atoms with Crippen molar-refractivity contribution in [3.05, 3.63) is 54.9 Å². The zero-order chi connectivity index (χ0) is 17.7. The normalized spacial score (nSPS) is 10.8. The molecule has 1 amide bonds. The van der Waals surface area contributed by atoms with E-state index in [-0.39, 0.29) is 18.2 Å². The second-order valence-corrected chi connectivity index (χ2v) is 7.43. The molecular formula is C16H14Br3N3O2. The summed E-state index contributed by atoms with van der Waals surface area (Å²) >= 11 is 9.91. The van der Waals surface area contributed by atoms with E-state index in [1.807, 2.05) is 31.2 Å². The van der Waals surface area contributed by atoms with Gasteiger partial charge in [0.2, 0.25) is 0 Å². The maximum atomic E-state index is 11.8. The van der Waals surface area contributed by atoms with Crippen LogP contribution in [-0.2, 0) is 4.79 Å². The first-order valence-corrected chi connectivity index (χ1v) is 9.25. The standard InChI is InChI=1S/C16H14Br3N3O2/c1-9-2-4-10(5-3-9)20-8-14(23)22-21-7-11-12(17)6-13(18)16(24)15(11)19/h2-7,20,24H,8H2,1H3,(H,22,23). The Bertz CT molecular complexity index is 777. The maximum Gasteiger partial charge on any atom is 0.259 e. The molecular weight excluding hydrogens is 506 g/mol. The van der Waals surface area contributed by atoms with Crippen LogP contribution in [0.25, 0.3) is 0 Å². The molecule has 0 atom stereocenters. The van der Waals surface area contributed by atoms with Crippen molar-refractivity contribution in [1.82, 2.24) is 5.43 Å². The van der Waals surface area contributed by atoms with Crippen LogP contribution in [-0.4, -0.2) is 23.8 Å². The molecule has 0 radical (unpaired) electrons. The van der Waals surface area contributed by atoms with E-state index < -0.39 is 0 Å². The predicted octanol–water partition coefficient (Wildman–Crippen LogP) is 4.55. The second kappa shape index (κ2) is 8.64. The highest BCUT2D eigenvalue weighted by Crippen LogP contribution is 2.38. The highest BCUT2D eigenvalue weighted by atomic mass is 79.9. The summed E-state index contributed by atoms with van der Waals surface area (Å²) in [4.78, 5) is 11.8. The molecule has 2 aromatic rings. The van der Waals surface area contributed by atoms with Gasteiger partial charge in [0.05, 0.1) is 21.7 Å². The number of anilines is 1. The topological polar surface area (TPSA) is 73.7 Å². The molecule has 0 aliphatic carbocycles. The third kappa shape index (κ3) is 5.06. The van der Waals surface area contributed by atoms with E-state index >= 15 is 0 Å². The van der Waals surface area contributed by atoms with Crippen molar-refractivity contribution in [1.29, 1.82) is 0 Å². The maximum absolute atomic E-state index is 11.8. The predicted molar refractivity (Wildman–Crippen MR) is 107 cm³/mol. The summed E-state index contributed by atoms with van der Waals surface area (Å²) in [5.41, 5.74) is 5.07. The Kier molecular flexibility index (Phi) is 6.82. The number of aromatic hydroxyl groups is 1. The molecule has 0 spiro atoms. The summed E-state index contributed by atoms with van der Waals surface area (Å²) < 4.78 is 1.74. The van der Waals surface area contributed by atoms with Crippen molar-refractivity contribution in [2.24, 2.45) is 5.10 Å². The van der Waals surface area contributed by atoms with Gasteiger partial charge in [-0.2, -0.15) is 5.10 Å². The van der Waals surface area contributed by atoms with Gasteiger partial charge in [0.1, 0.15) is 5.75 Å². The van der Waals surface area contributed by atoms with Crippen LogP contribution >= 0.6 is 47.8 Å². The Morgan fingerprint density at radius 3 is 2.54 bits per heavy atom. The number of aryl methyl sites for hydroxylation is 1. The van der Waals surface area contributed by atoms with Crippen molar-refractivity contribution in [2.75, 3.05) is 11.9 Å². The molecule has 3 N–H and O–H groups in total. The first kappa shape index (κ1) is 19.0. The fourth-order valence-electron chi connectivity index (χ4n) is 1.78. The summed E-state index contributed by atoms with van der Waals surface area (Å²) in [7, 11) is 0. The zero-order valence-corrected chi connectivity index (χ0v) is 17.4. The fourth-order valence-corrected chi connectivity index (χ4v) is 4.10. The lowest BCUT2D eigenvalue weighted by atomic mass is 10.2. The molecule has 24 heavy (non-hydrogen) atoms. The summed E-state index contributed by atoms with van der Waals surface area (Å²) in [6, 6.07) is 9.44. The number of carbonyl (C=O) groups excluding carboxylic acids is 1. The minimum atomic E-state index is -0.277. The average Bonchev–Trinajstić information content (AvgIpc) is 2.55. The van der Waals surface area contributed by atoms with Gasteiger partial charge in [-0.3, -0.25) is 4.79 Å². The van der Waals surface area contributed by atoms with E-state index in [1.54, 1.807) is 6.07 Å². The van der Waals surface area contributed by atoms with Gasteiger partial charge in [0.25, 0.3) is 5.91 Å². The molecule has 0 bridgehead atoms. The quantitative estimate of drug-likeness (QED) is 0.401. The van der Waals surface area contributed by atoms with E-state index in [1.165, 1.54) is 6.21 Å². The molecule has 0 saturated carbocycles. The lowest BCUT2D eigenvalue weighted by molar-refractivity contribution is -0.119. The molecule has 8 heteroatoms. The Morgan fingerprint density at radius 2 is 1.88 bits per heavy atom. The number of hydrogen-bond acceptors (Lipinski definition) is 4. The molecule has 126 valence electrons. The van der Waals surface area contributed by atoms with E-state index in [4.69, 9.17) is 0 Å². The number of nitrogens with one attached hydrogen (secondary N) is 2. The fraction of sp³-hybridized carbons (Fsp3) is 0.125. The minimum absolute atomic E-state index is 0.0621. The highest BCUT2D eigenvalue weighted by molar-refractivity contribution is 9.11. The number of halogens is 3. The molecule has 0 saturated heterocycles. The number of rotatable bonds is 5. The number of hydrogen-bond donors (Lipinski definition) is 3. The first-order valence-electron chi connectivity index (χ1n) is 6.87. The lowest BCUT2D eigenvalue weighted by Gasteiger charge is -2.07. The van der Waals surface area contributed by atoms with Crippen LogP contribution in [0.2, 0.25) is 0 Å². The van der Waals surface area contributed by atoms with Crippen molar-refractivity contribution in [3.8, 4) is 5.75 Å². The molecule has 0 unspecified atom stereocenters. The summed E-state index contributed by atoms with van der Waals surface area (Å²) in [6.07, 6.45) is 1.45. The number of amides is 1. The van der Waals surface area contributed by atoms with Crippen molar-refractivity contribution >= 4 is 65.6 Å². The van der Waals surface area contributed by atoms with E-state index in [9.17, 15) is 9.90 Å². The SMILES string of the molecule is Cc1ccc(NCC(=O)NN=Cc2c(Br)cc(Br)c(O)c2Br)cc1. The summed E-state index contributed by atoms with van der Waals surface area (Å²) in [5.74, 6) is -0.215. The van der Waals surface area contributed by atoms with Gasteiger partial charge in [-0.1, -0.05) is 33.6 Å². The molecule has 0 heterocycles. The highest BCUT2D eigenvalue weighted by Gasteiger charge is 2.12. The summed E-state index contributed by atoms with van der Waals surface area (Å²) in [6.45, 7) is 2.11. The average molecular weight is 520 g/mol. The van der Waals surface area contributed by atoms with Crippen LogP contribution in [0.1, 0.15) is 11.1 Å². The second-order valence-electron chi connectivity index (χ2n) is 4.93. The third-order valence-electron chi connectivity index (χ3n) is 3.07. The van der Waals surface area contributed by atoms with Gasteiger partial charge in [-0.15, -0.1) is 0 Å². The Balaban J connectivity index is 1.93. The monoisotopic (exact) mass is 517 g/mol. The number of benzene rings is 2. The van der Waals surface area contributed by atoms with Crippen molar-refractivity contribution < 1.29 is 9.90 Å². The minimum Gasteiger partial charge on any atom is -0.506 e. The van der Waals surface area contributed by atoms with Crippen LogP contribution in [0.3, 0.4) is 0 Å². The van der Waals surface area contributed by atoms with Crippen LogP contribution in [0.5, 0.6) is 5.75 Å². The number of phenolic OH excluding ortho intramolecular Hbond substituents is 1. The zero-order valence-electron chi connectivity index (χ0n) is 12.6. The lowest BCUT2D eigenvalue weighted by Crippen LogP contribution is -2.25. The molecule has 0 aliphatic rings. The van der Waals surface area contributed by atoms with Crippen LogP contribution in [0.4, 0.5) is 5.69 Å². The summed E-state index contributed by atoms with van der Waals surface area (Å²) in [5, 5.41) is 16.8. The van der Waals surface area contributed by atoms with Crippen LogP contribution in [0.15, 0.2) is 48.9 Å². The van der Waals surface area contributed by atoms with Gasteiger partial charge in [-0.25, -0.2) is 5.43 Å². The van der Waals surface area contributed by atoms with Crippen LogP contribution < -0.4 is 10.7 Å². The number of carbonyl (C=O) groups is 1. The van der Waals surface area contributed by atoms with Gasteiger partial charge in [0, 0.05) is 15.7 Å². The molecule has 2 rings (SSSR count). The number of phenols is 1. The Morgan fingerprint density at radius 1 is 1.21 bits per heavy atom. The molecule has 0 aliphatic heterocycles. The van der Waals surface area contributed by atoms with E-state index in [0.717, 1.165) is 15.7 Å². The smallest absolute Gasteiger partial charge is 0.259 e. The van der Waals surface area contributed by atoms with E-state index in [2.05, 4.69) is 63.6 Å². The molecule has 0 fully saturated rings. The molecule has 2 aromatic carbocycles.